The van der Waals surface area contributed by atoms with Crippen molar-refractivity contribution in [2.75, 3.05) is 38.0 Å². The highest BCUT2D eigenvalue weighted by Crippen LogP contribution is 2.20. The molecule has 136 valence electrons. The first-order chi connectivity index (χ1) is 12.5. The average Bonchev–Trinajstić information content (AvgIpc) is 2.64. The smallest absolute Gasteiger partial charge is 0.257 e. The number of hydrogen-bond donors (Lipinski definition) is 1. The number of carbonyl (C=O) groups excluding carboxylic acids is 2. The van der Waals surface area contributed by atoms with Crippen LogP contribution in [0.1, 0.15) is 10.4 Å². The summed E-state index contributed by atoms with van der Waals surface area (Å²) in [5.74, 6) is -0.267. The molecular weight excluding hydrogens is 375 g/mol. The average molecular weight is 393 g/mol. The maximum atomic E-state index is 12.5. The number of aromatic nitrogens is 1. The molecule has 1 fully saturated rings. The van der Waals surface area contributed by atoms with Crippen LogP contribution in [-0.2, 0) is 4.79 Å². The normalized spacial score (nSPS) is 14.9. The summed E-state index contributed by atoms with van der Waals surface area (Å²) in [6, 6.07) is 10.5. The van der Waals surface area contributed by atoms with Gasteiger partial charge in [-0.3, -0.25) is 14.5 Å². The number of carbonyl (C=O) groups is 2. The van der Waals surface area contributed by atoms with E-state index in [2.05, 4.69) is 10.3 Å². The zero-order valence-corrected chi connectivity index (χ0v) is 15.5. The van der Waals surface area contributed by atoms with Crippen molar-refractivity contribution < 1.29 is 9.59 Å². The predicted molar refractivity (Wildman–Crippen MR) is 102 cm³/mol. The number of nitrogens with zero attached hydrogens (tertiary/aromatic N) is 3. The Morgan fingerprint density at radius 2 is 1.77 bits per heavy atom. The molecule has 3 rings (SSSR count). The molecule has 1 aliphatic rings. The fourth-order valence-corrected chi connectivity index (χ4v) is 3.16. The monoisotopic (exact) mass is 392 g/mol. The van der Waals surface area contributed by atoms with Crippen molar-refractivity contribution in [3.8, 4) is 0 Å². The van der Waals surface area contributed by atoms with Crippen molar-refractivity contribution in [1.82, 2.24) is 14.8 Å². The first-order valence-electron chi connectivity index (χ1n) is 8.21. The third-order valence-corrected chi connectivity index (χ3v) is 4.79. The van der Waals surface area contributed by atoms with Gasteiger partial charge < -0.3 is 10.2 Å². The van der Waals surface area contributed by atoms with Crippen molar-refractivity contribution >= 4 is 40.7 Å². The summed E-state index contributed by atoms with van der Waals surface area (Å²) in [6.07, 6.45) is 1.55. The van der Waals surface area contributed by atoms with E-state index in [1.54, 1.807) is 35.4 Å². The Hall–Kier alpha value is -2.15. The molecule has 0 bridgehead atoms. The molecule has 1 aromatic heterocycles. The van der Waals surface area contributed by atoms with Gasteiger partial charge in [-0.1, -0.05) is 35.3 Å². The standard InChI is InChI=1S/C18H18Cl2N4O2/c19-14-5-1-2-6-15(14)22-16(25)12-23-8-10-24(11-9-23)18(26)13-4-3-7-21-17(13)20/h1-7H,8-12H2,(H,22,25). The van der Waals surface area contributed by atoms with E-state index in [0.29, 0.717) is 42.5 Å². The van der Waals surface area contributed by atoms with E-state index in [0.717, 1.165) is 0 Å². The maximum absolute atomic E-state index is 12.5. The van der Waals surface area contributed by atoms with Gasteiger partial charge in [0.25, 0.3) is 5.91 Å². The molecule has 1 aromatic carbocycles. The lowest BCUT2D eigenvalue weighted by Crippen LogP contribution is -2.50. The second-order valence-electron chi connectivity index (χ2n) is 5.94. The molecule has 2 heterocycles. The third-order valence-electron chi connectivity index (χ3n) is 4.16. The van der Waals surface area contributed by atoms with E-state index in [1.165, 1.54) is 0 Å². The molecule has 2 aromatic rings. The zero-order valence-electron chi connectivity index (χ0n) is 14.0. The van der Waals surface area contributed by atoms with Gasteiger partial charge in [-0.2, -0.15) is 0 Å². The van der Waals surface area contributed by atoms with Crippen LogP contribution in [0, 0.1) is 0 Å². The Kier molecular flexibility index (Phi) is 6.08. The van der Waals surface area contributed by atoms with Crippen molar-refractivity contribution in [2.24, 2.45) is 0 Å². The molecular formula is C18H18Cl2N4O2. The van der Waals surface area contributed by atoms with Crippen LogP contribution >= 0.6 is 23.2 Å². The fourth-order valence-electron chi connectivity index (χ4n) is 2.78. The Morgan fingerprint density at radius 3 is 2.46 bits per heavy atom. The van der Waals surface area contributed by atoms with Gasteiger partial charge in [0, 0.05) is 32.4 Å². The zero-order chi connectivity index (χ0) is 18.5. The van der Waals surface area contributed by atoms with Crippen LogP contribution in [0.25, 0.3) is 0 Å². The minimum atomic E-state index is -0.136. The lowest BCUT2D eigenvalue weighted by Gasteiger charge is -2.34. The topological polar surface area (TPSA) is 65.5 Å². The van der Waals surface area contributed by atoms with Crippen LogP contribution in [-0.4, -0.2) is 59.3 Å². The van der Waals surface area contributed by atoms with Crippen LogP contribution in [0.15, 0.2) is 42.6 Å². The highest BCUT2D eigenvalue weighted by Gasteiger charge is 2.24. The van der Waals surface area contributed by atoms with Crippen LogP contribution in [0.4, 0.5) is 5.69 Å². The Labute approximate surface area is 161 Å². The van der Waals surface area contributed by atoms with Gasteiger partial charge in [0.05, 0.1) is 22.8 Å². The van der Waals surface area contributed by atoms with E-state index in [-0.39, 0.29) is 23.5 Å². The molecule has 2 amide bonds. The van der Waals surface area contributed by atoms with Crippen molar-refractivity contribution in [3.05, 3.63) is 58.3 Å². The molecule has 8 heteroatoms. The first-order valence-corrected chi connectivity index (χ1v) is 8.96. The molecule has 1 saturated heterocycles. The summed E-state index contributed by atoms with van der Waals surface area (Å²) < 4.78 is 0. The van der Waals surface area contributed by atoms with Crippen LogP contribution in [0.2, 0.25) is 10.2 Å². The van der Waals surface area contributed by atoms with Crippen molar-refractivity contribution in [2.45, 2.75) is 0 Å². The SMILES string of the molecule is O=C(CN1CCN(C(=O)c2cccnc2Cl)CC1)Nc1ccccc1Cl. The van der Waals surface area contributed by atoms with Crippen molar-refractivity contribution in [3.63, 3.8) is 0 Å². The summed E-state index contributed by atoms with van der Waals surface area (Å²) in [5.41, 5.74) is 0.998. The number of anilines is 1. The summed E-state index contributed by atoms with van der Waals surface area (Å²) in [7, 11) is 0. The summed E-state index contributed by atoms with van der Waals surface area (Å²) in [4.78, 5) is 32.4. The van der Waals surface area contributed by atoms with Gasteiger partial charge in [-0.05, 0) is 24.3 Å². The number of benzene rings is 1. The van der Waals surface area contributed by atoms with Gasteiger partial charge in [0.15, 0.2) is 0 Å². The fraction of sp³-hybridized carbons (Fsp3) is 0.278. The number of rotatable bonds is 4. The number of amides is 2. The van der Waals surface area contributed by atoms with E-state index < -0.39 is 0 Å². The van der Waals surface area contributed by atoms with Gasteiger partial charge >= 0.3 is 0 Å². The molecule has 0 atom stereocenters. The molecule has 0 saturated carbocycles. The first kappa shape index (κ1) is 18.6. The van der Waals surface area contributed by atoms with Crippen LogP contribution in [0.3, 0.4) is 0 Å². The Bertz CT molecular complexity index is 807. The Balaban J connectivity index is 1.51. The van der Waals surface area contributed by atoms with Gasteiger partial charge in [-0.25, -0.2) is 4.98 Å². The molecule has 0 aliphatic carbocycles. The molecule has 1 N–H and O–H groups in total. The third kappa shape index (κ3) is 4.52. The quantitative estimate of drug-likeness (QED) is 0.812. The summed E-state index contributed by atoms with van der Waals surface area (Å²) >= 11 is 12.0. The van der Waals surface area contributed by atoms with Gasteiger partial charge in [-0.15, -0.1) is 0 Å². The van der Waals surface area contributed by atoms with E-state index in [9.17, 15) is 9.59 Å². The molecule has 6 nitrogen and oxygen atoms in total. The molecule has 0 radical (unpaired) electrons. The molecule has 1 aliphatic heterocycles. The minimum Gasteiger partial charge on any atom is -0.336 e. The minimum absolute atomic E-state index is 0.131. The lowest BCUT2D eigenvalue weighted by atomic mass is 10.2. The van der Waals surface area contributed by atoms with E-state index in [4.69, 9.17) is 23.2 Å². The lowest BCUT2D eigenvalue weighted by molar-refractivity contribution is -0.117. The van der Waals surface area contributed by atoms with Gasteiger partial charge in [0.2, 0.25) is 5.91 Å². The van der Waals surface area contributed by atoms with Crippen LogP contribution in [0.5, 0.6) is 0 Å². The second kappa shape index (κ2) is 8.49. The number of piperazine rings is 1. The second-order valence-corrected chi connectivity index (χ2v) is 6.70. The van der Waals surface area contributed by atoms with E-state index in [1.807, 2.05) is 17.0 Å². The predicted octanol–water partition coefficient (Wildman–Crippen LogP) is 2.78. The largest absolute Gasteiger partial charge is 0.336 e. The summed E-state index contributed by atoms with van der Waals surface area (Å²) in [5, 5.41) is 3.52. The number of para-hydroxylation sites is 1. The Morgan fingerprint density at radius 1 is 1.04 bits per heavy atom. The number of pyridine rings is 1. The number of hydrogen-bond acceptors (Lipinski definition) is 4. The molecule has 0 unspecified atom stereocenters. The molecule has 0 spiro atoms. The number of halogens is 2. The van der Waals surface area contributed by atoms with Gasteiger partial charge in [0.1, 0.15) is 5.15 Å². The number of nitrogens with one attached hydrogen (secondary N) is 1. The maximum Gasteiger partial charge on any atom is 0.257 e. The molecule has 26 heavy (non-hydrogen) atoms. The summed E-state index contributed by atoms with van der Waals surface area (Å²) in [6.45, 7) is 2.53. The highest BCUT2D eigenvalue weighted by molar-refractivity contribution is 6.33. The highest BCUT2D eigenvalue weighted by atomic mass is 35.5. The van der Waals surface area contributed by atoms with E-state index >= 15 is 0 Å². The van der Waals surface area contributed by atoms with Crippen molar-refractivity contribution in [1.29, 1.82) is 0 Å². The van der Waals surface area contributed by atoms with Crippen LogP contribution < -0.4 is 5.32 Å².